The van der Waals surface area contributed by atoms with Crippen LogP contribution in [0.5, 0.6) is 11.5 Å². The monoisotopic (exact) mass is 329 g/mol. The predicted octanol–water partition coefficient (Wildman–Crippen LogP) is 4.12. The van der Waals surface area contributed by atoms with E-state index in [1.165, 1.54) is 25.0 Å². The summed E-state index contributed by atoms with van der Waals surface area (Å²) in [6, 6.07) is 4.54. The summed E-state index contributed by atoms with van der Waals surface area (Å²) < 4.78 is 10.6. The van der Waals surface area contributed by atoms with Crippen molar-refractivity contribution in [3.63, 3.8) is 0 Å². The van der Waals surface area contributed by atoms with Crippen LogP contribution in [0.4, 0.5) is 0 Å². The number of benzene rings is 1. The van der Waals surface area contributed by atoms with Crippen LogP contribution in [0.2, 0.25) is 5.02 Å². The smallest absolute Gasteiger partial charge is 0.179 e. The first kappa shape index (κ1) is 16.8. The van der Waals surface area contributed by atoms with Gasteiger partial charge in [0.1, 0.15) is 0 Å². The van der Waals surface area contributed by atoms with E-state index in [2.05, 4.69) is 24.0 Å². The van der Waals surface area contributed by atoms with E-state index in [0.717, 1.165) is 17.4 Å². The number of thioether (sulfide) groups is 1. The molecule has 21 heavy (non-hydrogen) atoms. The number of nitrogens with one attached hydrogen (secondary N) is 1. The molecule has 0 aliphatic heterocycles. The van der Waals surface area contributed by atoms with Gasteiger partial charge in [-0.2, -0.15) is 11.8 Å². The minimum Gasteiger partial charge on any atom is -0.493 e. The van der Waals surface area contributed by atoms with Gasteiger partial charge in [-0.1, -0.05) is 24.9 Å². The topological polar surface area (TPSA) is 30.5 Å². The van der Waals surface area contributed by atoms with Gasteiger partial charge in [0.15, 0.2) is 11.5 Å². The Morgan fingerprint density at radius 1 is 1.29 bits per heavy atom. The first-order valence-electron chi connectivity index (χ1n) is 7.45. The van der Waals surface area contributed by atoms with Gasteiger partial charge in [0, 0.05) is 17.8 Å². The number of ether oxygens (including phenoxy) is 2. The maximum atomic E-state index is 6.25. The normalized spacial score (nSPS) is 21.5. The van der Waals surface area contributed by atoms with E-state index in [9.17, 15) is 0 Å². The summed E-state index contributed by atoms with van der Waals surface area (Å²) in [5.41, 5.74) is 1.13. The summed E-state index contributed by atoms with van der Waals surface area (Å²) in [4.78, 5) is 0. The molecule has 2 atom stereocenters. The zero-order valence-electron chi connectivity index (χ0n) is 12.9. The van der Waals surface area contributed by atoms with E-state index in [0.29, 0.717) is 22.6 Å². The SMILES string of the molecule is CCSC1CCCC1NCc1cc(Cl)c(OC)c(OC)c1. The Kier molecular flexibility index (Phi) is 6.52. The molecular formula is C16H24ClNO2S. The molecule has 0 radical (unpaired) electrons. The van der Waals surface area contributed by atoms with E-state index in [1.807, 2.05) is 12.1 Å². The van der Waals surface area contributed by atoms with Crippen LogP contribution in [0.3, 0.4) is 0 Å². The fraction of sp³-hybridized carbons (Fsp3) is 0.625. The lowest BCUT2D eigenvalue weighted by Crippen LogP contribution is -2.33. The van der Waals surface area contributed by atoms with Gasteiger partial charge in [-0.05, 0) is 36.3 Å². The average molecular weight is 330 g/mol. The van der Waals surface area contributed by atoms with Crippen molar-refractivity contribution in [3.05, 3.63) is 22.7 Å². The zero-order valence-corrected chi connectivity index (χ0v) is 14.5. The van der Waals surface area contributed by atoms with E-state index in [1.54, 1.807) is 14.2 Å². The fourth-order valence-electron chi connectivity index (χ4n) is 2.90. The van der Waals surface area contributed by atoms with Crippen molar-refractivity contribution < 1.29 is 9.47 Å². The maximum Gasteiger partial charge on any atom is 0.179 e. The summed E-state index contributed by atoms with van der Waals surface area (Å²) in [7, 11) is 3.24. The highest BCUT2D eigenvalue weighted by atomic mass is 35.5. The van der Waals surface area contributed by atoms with Crippen molar-refractivity contribution in [2.75, 3.05) is 20.0 Å². The van der Waals surface area contributed by atoms with Crippen molar-refractivity contribution in [2.24, 2.45) is 0 Å². The van der Waals surface area contributed by atoms with Gasteiger partial charge >= 0.3 is 0 Å². The van der Waals surface area contributed by atoms with Crippen molar-refractivity contribution in [3.8, 4) is 11.5 Å². The zero-order chi connectivity index (χ0) is 15.2. The van der Waals surface area contributed by atoms with Crippen molar-refractivity contribution in [1.29, 1.82) is 0 Å². The molecule has 0 bridgehead atoms. The molecule has 0 spiro atoms. The molecule has 1 aromatic carbocycles. The first-order chi connectivity index (χ1) is 10.2. The standard InChI is InChI=1S/C16H24ClNO2S/c1-4-21-15-7-5-6-13(15)18-10-11-8-12(17)16(20-3)14(9-11)19-2/h8-9,13,15,18H,4-7,10H2,1-3H3. The molecular weight excluding hydrogens is 306 g/mol. The predicted molar refractivity (Wildman–Crippen MR) is 91.0 cm³/mol. The fourth-order valence-corrected chi connectivity index (χ4v) is 4.43. The number of methoxy groups -OCH3 is 2. The number of hydrogen-bond donors (Lipinski definition) is 1. The molecule has 0 amide bonds. The van der Waals surface area contributed by atoms with Crippen LogP contribution in [0, 0.1) is 0 Å². The molecule has 3 nitrogen and oxygen atoms in total. The molecule has 0 saturated heterocycles. The average Bonchev–Trinajstić information content (AvgIpc) is 2.92. The van der Waals surface area contributed by atoms with Crippen molar-refractivity contribution in [2.45, 2.75) is 44.0 Å². The van der Waals surface area contributed by atoms with Crippen LogP contribution in [0.25, 0.3) is 0 Å². The highest BCUT2D eigenvalue weighted by Gasteiger charge is 2.26. The Balaban J connectivity index is 2.01. The van der Waals surface area contributed by atoms with Crippen LogP contribution in [0.15, 0.2) is 12.1 Å². The molecule has 0 heterocycles. The minimum atomic E-state index is 0.597. The Hall–Kier alpha value is -0.580. The molecule has 1 N–H and O–H groups in total. The van der Waals surface area contributed by atoms with Crippen LogP contribution < -0.4 is 14.8 Å². The number of rotatable bonds is 7. The molecule has 2 unspecified atom stereocenters. The second-order valence-electron chi connectivity index (χ2n) is 5.23. The lowest BCUT2D eigenvalue weighted by Gasteiger charge is -2.20. The lowest BCUT2D eigenvalue weighted by atomic mass is 10.1. The van der Waals surface area contributed by atoms with Crippen LogP contribution >= 0.6 is 23.4 Å². The first-order valence-corrected chi connectivity index (χ1v) is 8.87. The Morgan fingerprint density at radius 3 is 2.76 bits per heavy atom. The highest BCUT2D eigenvalue weighted by molar-refractivity contribution is 7.99. The van der Waals surface area contributed by atoms with Gasteiger partial charge in [0.05, 0.1) is 19.2 Å². The molecule has 1 saturated carbocycles. The third kappa shape index (κ3) is 4.21. The quantitative estimate of drug-likeness (QED) is 0.815. The summed E-state index contributed by atoms with van der Waals surface area (Å²) in [6.45, 7) is 3.04. The van der Waals surface area contributed by atoms with Crippen molar-refractivity contribution in [1.82, 2.24) is 5.32 Å². The van der Waals surface area contributed by atoms with Gasteiger partial charge in [0.25, 0.3) is 0 Å². The summed E-state index contributed by atoms with van der Waals surface area (Å²) in [5.74, 6) is 2.47. The second kappa shape index (κ2) is 8.16. The molecule has 0 aromatic heterocycles. The van der Waals surface area contributed by atoms with E-state index in [4.69, 9.17) is 21.1 Å². The highest BCUT2D eigenvalue weighted by Crippen LogP contribution is 2.36. The van der Waals surface area contributed by atoms with E-state index >= 15 is 0 Å². The number of halogens is 1. The van der Waals surface area contributed by atoms with Gasteiger partial charge in [-0.15, -0.1) is 0 Å². The van der Waals surface area contributed by atoms with Crippen LogP contribution in [0.1, 0.15) is 31.7 Å². The molecule has 118 valence electrons. The second-order valence-corrected chi connectivity index (χ2v) is 7.15. The minimum absolute atomic E-state index is 0.597. The van der Waals surface area contributed by atoms with Gasteiger partial charge in [0.2, 0.25) is 0 Å². The molecule has 1 aliphatic carbocycles. The third-order valence-corrected chi connectivity index (χ3v) is 5.50. The molecule has 1 aliphatic rings. The number of hydrogen-bond acceptors (Lipinski definition) is 4. The molecule has 5 heteroatoms. The van der Waals surface area contributed by atoms with Crippen molar-refractivity contribution >= 4 is 23.4 Å². The molecule has 1 fully saturated rings. The Bertz CT molecular complexity index is 470. The van der Waals surface area contributed by atoms with Crippen LogP contribution in [-0.2, 0) is 6.54 Å². The lowest BCUT2D eigenvalue weighted by molar-refractivity contribution is 0.354. The molecule has 2 rings (SSSR count). The summed E-state index contributed by atoms with van der Waals surface area (Å²) in [5, 5.41) is 5.01. The van der Waals surface area contributed by atoms with E-state index < -0.39 is 0 Å². The van der Waals surface area contributed by atoms with Gasteiger partial charge in [-0.25, -0.2) is 0 Å². The summed E-state index contributed by atoms with van der Waals surface area (Å²) in [6.07, 6.45) is 3.91. The Labute approximate surface area is 136 Å². The third-order valence-electron chi connectivity index (χ3n) is 3.90. The maximum absolute atomic E-state index is 6.25. The largest absolute Gasteiger partial charge is 0.493 e. The summed E-state index contributed by atoms with van der Waals surface area (Å²) >= 11 is 8.32. The van der Waals surface area contributed by atoms with Gasteiger partial charge < -0.3 is 14.8 Å². The molecule has 1 aromatic rings. The van der Waals surface area contributed by atoms with Crippen LogP contribution in [-0.4, -0.2) is 31.3 Å². The van der Waals surface area contributed by atoms with Gasteiger partial charge in [-0.3, -0.25) is 0 Å². The Morgan fingerprint density at radius 2 is 2.10 bits per heavy atom. The van der Waals surface area contributed by atoms with E-state index in [-0.39, 0.29) is 0 Å².